The van der Waals surface area contributed by atoms with E-state index < -0.39 is 10.8 Å². The number of nitro benzene ring substituents is 1. The molecular formula is C8H7N2O3. The van der Waals surface area contributed by atoms with Crippen molar-refractivity contribution in [1.82, 2.24) is 5.73 Å². The Morgan fingerprint density at radius 2 is 2.15 bits per heavy atom. The van der Waals surface area contributed by atoms with Crippen molar-refractivity contribution in [2.45, 2.75) is 6.92 Å². The molecule has 1 N–H and O–H groups in total. The summed E-state index contributed by atoms with van der Waals surface area (Å²) in [4.78, 5) is 20.5. The summed E-state index contributed by atoms with van der Waals surface area (Å²) >= 11 is 0. The predicted octanol–water partition coefficient (Wildman–Crippen LogP) is 1.33. The number of amides is 1. The van der Waals surface area contributed by atoms with Crippen molar-refractivity contribution < 1.29 is 9.72 Å². The van der Waals surface area contributed by atoms with Crippen molar-refractivity contribution in [2.75, 3.05) is 0 Å². The second-order valence-electron chi connectivity index (χ2n) is 2.54. The van der Waals surface area contributed by atoms with Crippen LogP contribution >= 0.6 is 0 Å². The van der Waals surface area contributed by atoms with E-state index in [-0.39, 0.29) is 16.8 Å². The molecule has 5 nitrogen and oxygen atoms in total. The first kappa shape index (κ1) is 9.18. The molecule has 1 aromatic carbocycles. The molecule has 0 heterocycles. The number of nitrogens with zero attached hydrogens (tertiary/aromatic N) is 1. The van der Waals surface area contributed by atoms with Gasteiger partial charge in [-0.3, -0.25) is 20.6 Å². The van der Waals surface area contributed by atoms with Crippen LogP contribution in [0.5, 0.6) is 0 Å². The van der Waals surface area contributed by atoms with Gasteiger partial charge >= 0.3 is 0 Å². The minimum absolute atomic E-state index is 0.0780. The zero-order chi connectivity index (χ0) is 10.0. The van der Waals surface area contributed by atoms with E-state index >= 15 is 0 Å². The summed E-state index contributed by atoms with van der Waals surface area (Å²) in [5.74, 6) is -0.902. The highest BCUT2D eigenvalue weighted by Gasteiger charge is 2.15. The van der Waals surface area contributed by atoms with Gasteiger partial charge in [0.2, 0.25) is 0 Å². The minimum atomic E-state index is -0.902. The highest BCUT2D eigenvalue weighted by atomic mass is 16.6. The molecule has 0 fully saturated rings. The van der Waals surface area contributed by atoms with Crippen LogP contribution in [0.3, 0.4) is 0 Å². The zero-order valence-corrected chi connectivity index (χ0v) is 6.90. The minimum Gasteiger partial charge on any atom is -0.267 e. The fraction of sp³-hybridized carbons (Fsp3) is 0.125. The van der Waals surface area contributed by atoms with Crippen LogP contribution in [0.1, 0.15) is 15.9 Å². The average Bonchev–Trinajstić information content (AvgIpc) is 2.03. The predicted molar refractivity (Wildman–Crippen MR) is 45.3 cm³/mol. The van der Waals surface area contributed by atoms with E-state index in [0.29, 0.717) is 0 Å². The van der Waals surface area contributed by atoms with Crippen LogP contribution in [-0.4, -0.2) is 10.8 Å². The molecule has 0 saturated carbocycles. The first-order chi connectivity index (χ1) is 6.04. The first-order valence-corrected chi connectivity index (χ1v) is 3.54. The fourth-order valence-electron chi connectivity index (χ4n) is 1.07. The molecule has 67 valence electrons. The Labute approximate surface area is 74.3 Å². The van der Waals surface area contributed by atoms with Gasteiger partial charge in [0.25, 0.3) is 11.6 Å². The Kier molecular flexibility index (Phi) is 2.27. The van der Waals surface area contributed by atoms with Gasteiger partial charge in [-0.2, -0.15) is 0 Å². The summed E-state index contributed by atoms with van der Waals surface area (Å²) in [6.07, 6.45) is 0. The maximum Gasteiger partial charge on any atom is 0.273 e. The molecule has 1 aromatic rings. The highest BCUT2D eigenvalue weighted by Crippen LogP contribution is 2.20. The Morgan fingerprint density at radius 3 is 2.62 bits per heavy atom. The SMILES string of the molecule is Cc1c(C([NH])=O)cccc1[N+](=O)[O-]. The second-order valence-corrected chi connectivity index (χ2v) is 2.54. The topological polar surface area (TPSA) is 84.0 Å². The Morgan fingerprint density at radius 1 is 1.54 bits per heavy atom. The van der Waals surface area contributed by atoms with Gasteiger partial charge in [-0.15, -0.1) is 0 Å². The molecule has 0 aliphatic carbocycles. The van der Waals surface area contributed by atoms with E-state index in [2.05, 4.69) is 0 Å². The van der Waals surface area contributed by atoms with Gasteiger partial charge < -0.3 is 0 Å². The third-order valence-corrected chi connectivity index (χ3v) is 1.75. The van der Waals surface area contributed by atoms with Crippen LogP contribution in [0.4, 0.5) is 5.69 Å². The Bertz CT molecular complexity index is 341. The molecule has 1 amide bonds. The maximum atomic E-state index is 10.7. The lowest BCUT2D eigenvalue weighted by Crippen LogP contribution is -2.03. The second kappa shape index (κ2) is 3.22. The van der Waals surface area contributed by atoms with Gasteiger partial charge in [-0.25, -0.2) is 0 Å². The normalized spacial score (nSPS) is 9.62. The number of carbonyl (C=O) groups excluding carboxylic acids is 1. The summed E-state index contributed by atoms with van der Waals surface area (Å²) in [5.41, 5.74) is 7.03. The lowest BCUT2D eigenvalue weighted by molar-refractivity contribution is -0.385. The first-order valence-electron chi connectivity index (χ1n) is 3.54. The van der Waals surface area contributed by atoms with Crippen LogP contribution < -0.4 is 5.73 Å². The molecule has 0 atom stereocenters. The quantitative estimate of drug-likeness (QED) is 0.507. The molecule has 0 bridgehead atoms. The monoisotopic (exact) mass is 179 g/mol. The van der Waals surface area contributed by atoms with Crippen molar-refractivity contribution >= 4 is 11.6 Å². The third kappa shape index (κ3) is 1.64. The van der Waals surface area contributed by atoms with Crippen molar-refractivity contribution in [3.63, 3.8) is 0 Å². The van der Waals surface area contributed by atoms with Gasteiger partial charge in [-0.05, 0) is 13.0 Å². The van der Waals surface area contributed by atoms with E-state index in [1.165, 1.54) is 25.1 Å². The van der Waals surface area contributed by atoms with E-state index in [1.807, 2.05) is 0 Å². The number of rotatable bonds is 2. The van der Waals surface area contributed by atoms with Crippen LogP contribution in [0, 0.1) is 17.0 Å². The molecule has 0 spiro atoms. The van der Waals surface area contributed by atoms with Crippen molar-refractivity contribution in [1.29, 1.82) is 0 Å². The largest absolute Gasteiger partial charge is 0.273 e. The smallest absolute Gasteiger partial charge is 0.267 e. The third-order valence-electron chi connectivity index (χ3n) is 1.75. The molecule has 0 aliphatic rings. The Balaban J connectivity index is 3.35. The number of benzene rings is 1. The van der Waals surface area contributed by atoms with E-state index in [0.717, 1.165) is 0 Å². The number of nitro groups is 1. The van der Waals surface area contributed by atoms with Crippen LogP contribution in [0.15, 0.2) is 18.2 Å². The summed E-state index contributed by atoms with van der Waals surface area (Å²) < 4.78 is 0. The molecule has 0 saturated heterocycles. The van der Waals surface area contributed by atoms with Gasteiger partial charge in [0, 0.05) is 11.6 Å². The number of hydrogen-bond donors (Lipinski definition) is 0. The summed E-state index contributed by atoms with van der Waals surface area (Å²) in [5, 5.41) is 10.4. The van der Waals surface area contributed by atoms with Gasteiger partial charge in [-0.1, -0.05) is 6.07 Å². The van der Waals surface area contributed by atoms with Gasteiger partial charge in [0.15, 0.2) is 0 Å². The van der Waals surface area contributed by atoms with E-state index in [1.54, 1.807) is 0 Å². The lowest BCUT2D eigenvalue weighted by Gasteiger charge is -2.00. The molecule has 0 aromatic heterocycles. The molecule has 13 heavy (non-hydrogen) atoms. The average molecular weight is 179 g/mol. The van der Waals surface area contributed by atoms with Crippen LogP contribution in [0.2, 0.25) is 0 Å². The van der Waals surface area contributed by atoms with Gasteiger partial charge in [0.1, 0.15) is 0 Å². The molecule has 5 heteroatoms. The summed E-state index contributed by atoms with van der Waals surface area (Å²) in [7, 11) is 0. The van der Waals surface area contributed by atoms with Crippen LogP contribution in [0.25, 0.3) is 0 Å². The van der Waals surface area contributed by atoms with E-state index in [9.17, 15) is 14.9 Å². The fourth-order valence-corrected chi connectivity index (χ4v) is 1.07. The van der Waals surface area contributed by atoms with Crippen molar-refractivity contribution in [2.24, 2.45) is 0 Å². The molecule has 1 rings (SSSR count). The summed E-state index contributed by atoms with van der Waals surface area (Å²) in [6.45, 7) is 1.46. The van der Waals surface area contributed by atoms with Crippen LogP contribution in [-0.2, 0) is 0 Å². The lowest BCUT2D eigenvalue weighted by atomic mass is 10.1. The molecule has 0 unspecified atom stereocenters. The van der Waals surface area contributed by atoms with Crippen molar-refractivity contribution in [3.8, 4) is 0 Å². The number of nitrogens with one attached hydrogen (secondary N) is 1. The Hall–Kier alpha value is -1.91. The standard InChI is InChI=1S/C8H7N2O3/c1-5-6(8(9)11)3-2-4-7(5)10(12)13/h2-4,9H,1H3. The maximum absolute atomic E-state index is 10.7. The van der Waals surface area contributed by atoms with E-state index in [4.69, 9.17) is 5.73 Å². The van der Waals surface area contributed by atoms with Crippen molar-refractivity contribution in [3.05, 3.63) is 39.4 Å². The molecule has 0 aliphatic heterocycles. The molecular weight excluding hydrogens is 172 g/mol. The highest BCUT2D eigenvalue weighted by molar-refractivity contribution is 5.94. The molecule has 1 radical (unpaired) electrons. The summed E-state index contributed by atoms with van der Waals surface area (Å²) in [6, 6.07) is 4.10. The number of carbonyl (C=O) groups is 1. The number of hydrogen-bond acceptors (Lipinski definition) is 3. The zero-order valence-electron chi connectivity index (χ0n) is 6.90. The van der Waals surface area contributed by atoms with Gasteiger partial charge in [0.05, 0.1) is 10.5 Å².